The molecule has 0 aliphatic heterocycles. The van der Waals surface area contributed by atoms with Crippen LogP contribution in [0.3, 0.4) is 0 Å². The van der Waals surface area contributed by atoms with Gasteiger partial charge in [-0.25, -0.2) is 0 Å². The highest BCUT2D eigenvalue weighted by Crippen LogP contribution is 2.65. The third-order valence-electron chi connectivity index (χ3n) is 8.05. The van der Waals surface area contributed by atoms with Gasteiger partial charge < -0.3 is 10.3 Å². The summed E-state index contributed by atoms with van der Waals surface area (Å²) in [4.78, 5) is 0. The van der Waals surface area contributed by atoms with Gasteiger partial charge in [0.25, 0.3) is 0 Å². The molecule has 0 heterocycles. The Morgan fingerprint density at radius 3 is 2.43 bits per heavy atom. The summed E-state index contributed by atoms with van der Waals surface area (Å²) in [6.07, 6.45) is 8.08. The summed E-state index contributed by atoms with van der Waals surface area (Å²) < 4.78 is 0. The van der Waals surface area contributed by atoms with E-state index in [2.05, 4.69) is 19.0 Å². The zero-order valence-electron chi connectivity index (χ0n) is 14.2. The number of hydrogen-bond acceptors (Lipinski definition) is 3. The van der Waals surface area contributed by atoms with Gasteiger partial charge >= 0.3 is 0 Å². The van der Waals surface area contributed by atoms with Crippen LogP contribution in [0.15, 0.2) is 15.8 Å². The van der Waals surface area contributed by atoms with Crippen LogP contribution in [0.25, 0.3) is 0 Å². The number of halogens is 1. The monoisotopic (exact) mass is 337 g/mol. The van der Waals surface area contributed by atoms with Crippen LogP contribution in [0.5, 0.6) is 0 Å². The Morgan fingerprint density at radius 2 is 1.70 bits per heavy atom. The number of rotatable bonds is 0. The van der Waals surface area contributed by atoms with E-state index in [1.54, 1.807) is 0 Å². The third-order valence-corrected chi connectivity index (χ3v) is 8.53. The molecule has 4 aliphatic carbocycles. The first kappa shape index (κ1) is 16.0. The van der Waals surface area contributed by atoms with Gasteiger partial charge in [-0.2, -0.15) is 0 Å². The molecule has 0 amide bonds. The fourth-order valence-electron chi connectivity index (χ4n) is 6.75. The van der Waals surface area contributed by atoms with E-state index in [1.807, 2.05) is 0 Å². The molecule has 0 radical (unpaired) electrons. The van der Waals surface area contributed by atoms with Gasteiger partial charge in [0.15, 0.2) is 0 Å². The molecular formula is C19H28ClNO2. The fraction of sp³-hybridized carbons (Fsp3) is 0.842. The Morgan fingerprint density at radius 1 is 1.00 bits per heavy atom. The topological polar surface area (TPSA) is 52.8 Å². The molecular weight excluding hydrogens is 310 g/mol. The Bertz CT molecular complexity index is 586. The average Bonchev–Trinajstić information content (AvgIpc) is 2.88. The zero-order valence-corrected chi connectivity index (χ0v) is 14.9. The molecule has 128 valence electrons. The van der Waals surface area contributed by atoms with Crippen molar-refractivity contribution in [2.24, 2.45) is 33.7 Å². The zero-order chi connectivity index (χ0) is 16.4. The number of fused-ring (bicyclic) bond motifs is 5. The van der Waals surface area contributed by atoms with Gasteiger partial charge in [-0.3, -0.25) is 0 Å². The maximum absolute atomic E-state index is 10.2. The van der Waals surface area contributed by atoms with Crippen molar-refractivity contribution in [2.75, 3.05) is 0 Å². The van der Waals surface area contributed by atoms with Crippen molar-refractivity contribution in [1.82, 2.24) is 0 Å². The largest absolute Gasteiger partial charge is 0.411 e. The second-order valence-corrected chi connectivity index (χ2v) is 9.16. The molecule has 0 aromatic carbocycles. The van der Waals surface area contributed by atoms with Gasteiger partial charge in [0, 0.05) is 10.4 Å². The standard InChI is InChI=1S/C19H28ClNO2/c1-18-10-8-15(22)17(20)14(18)4-3-11-12-5-6-16(21-23)19(12,2)9-7-13(11)18/h11-13,15,22-23H,3-10H2,1-2H3/b21-16+/t11-,12-,13-,15-,18+,19-/m0/s1. The summed E-state index contributed by atoms with van der Waals surface area (Å²) >= 11 is 6.52. The molecule has 23 heavy (non-hydrogen) atoms. The Hall–Kier alpha value is -0.540. The maximum atomic E-state index is 10.2. The Labute approximate surface area is 143 Å². The number of hydrogen-bond donors (Lipinski definition) is 2. The molecule has 2 N–H and O–H groups in total. The number of aliphatic hydroxyl groups excluding tert-OH is 1. The second kappa shape index (κ2) is 5.23. The number of aliphatic hydroxyl groups is 1. The molecule has 3 nitrogen and oxygen atoms in total. The van der Waals surface area contributed by atoms with Gasteiger partial charge in [-0.05, 0) is 80.1 Å². The van der Waals surface area contributed by atoms with Gasteiger partial charge in [-0.1, -0.05) is 30.6 Å². The predicted octanol–water partition coefficient (Wildman–Crippen LogP) is 4.71. The lowest BCUT2D eigenvalue weighted by Gasteiger charge is -2.57. The van der Waals surface area contributed by atoms with Crippen LogP contribution in [0.1, 0.15) is 65.2 Å². The van der Waals surface area contributed by atoms with E-state index in [0.29, 0.717) is 17.8 Å². The normalized spacial score (nSPS) is 51.4. The van der Waals surface area contributed by atoms with Crippen LogP contribution in [-0.2, 0) is 0 Å². The highest BCUT2D eigenvalue weighted by Gasteiger charge is 2.58. The highest BCUT2D eigenvalue weighted by atomic mass is 35.5. The Balaban J connectivity index is 1.71. The summed E-state index contributed by atoms with van der Waals surface area (Å²) in [5.41, 5.74) is 2.65. The van der Waals surface area contributed by atoms with Crippen LogP contribution in [0, 0.1) is 28.6 Å². The SMILES string of the molecule is C[C@]12CC[C@H](O)C(Cl)=C1CC[C@@H]1[C@@H]2CC[C@]2(C)/C(=N/O)CC[C@@H]12. The predicted molar refractivity (Wildman–Crippen MR) is 91.7 cm³/mol. The minimum Gasteiger partial charge on any atom is -0.411 e. The second-order valence-electron chi connectivity index (χ2n) is 8.76. The van der Waals surface area contributed by atoms with E-state index < -0.39 is 6.10 Å². The smallest absolute Gasteiger partial charge is 0.0895 e. The molecule has 0 saturated heterocycles. The fourth-order valence-corrected chi connectivity index (χ4v) is 7.17. The number of allylic oxidation sites excluding steroid dienone is 1. The van der Waals surface area contributed by atoms with Crippen LogP contribution in [-0.4, -0.2) is 22.1 Å². The van der Waals surface area contributed by atoms with Crippen LogP contribution in [0.2, 0.25) is 0 Å². The minimum atomic E-state index is -0.440. The van der Waals surface area contributed by atoms with E-state index in [0.717, 1.165) is 42.8 Å². The first-order valence-corrected chi connectivity index (χ1v) is 9.58. The molecule has 3 saturated carbocycles. The highest BCUT2D eigenvalue weighted by molar-refractivity contribution is 6.30. The molecule has 0 aromatic rings. The molecule has 6 atom stereocenters. The van der Waals surface area contributed by atoms with Crippen molar-refractivity contribution in [3.05, 3.63) is 10.6 Å². The Kier molecular flexibility index (Phi) is 3.63. The van der Waals surface area contributed by atoms with Crippen molar-refractivity contribution >= 4 is 17.3 Å². The van der Waals surface area contributed by atoms with Crippen molar-refractivity contribution < 1.29 is 10.3 Å². The van der Waals surface area contributed by atoms with Crippen molar-refractivity contribution in [3.8, 4) is 0 Å². The summed E-state index contributed by atoms with van der Waals surface area (Å²) in [7, 11) is 0. The summed E-state index contributed by atoms with van der Waals surface area (Å²) in [5, 5.41) is 24.0. The first-order valence-electron chi connectivity index (χ1n) is 9.20. The van der Waals surface area contributed by atoms with Gasteiger partial charge in [0.2, 0.25) is 0 Å². The number of nitrogens with zero attached hydrogens (tertiary/aromatic N) is 1. The molecule has 0 aromatic heterocycles. The molecule has 4 aliphatic rings. The average molecular weight is 338 g/mol. The van der Waals surface area contributed by atoms with E-state index in [-0.39, 0.29) is 10.8 Å². The van der Waals surface area contributed by atoms with Crippen LogP contribution in [0.4, 0.5) is 0 Å². The molecule has 3 fully saturated rings. The van der Waals surface area contributed by atoms with E-state index in [1.165, 1.54) is 24.8 Å². The first-order chi connectivity index (χ1) is 10.9. The third kappa shape index (κ3) is 2.02. The lowest BCUT2D eigenvalue weighted by molar-refractivity contribution is -0.0262. The van der Waals surface area contributed by atoms with E-state index in [9.17, 15) is 10.3 Å². The molecule has 0 bridgehead atoms. The van der Waals surface area contributed by atoms with Crippen molar-refractivity contribution in [3.63, 3.8) is 0 Å². The lowest BCUT2D eigenvalue weighted by Crippen LogP contribution is -2.51. The van der Waals surface area contributed by atoms with Gasteiger partial charge in [0.1, 0.15) is 0 Å². The van der Waals surface area contributed by atoms with Crippen LogP contribution >= 0.6 is 11.6 Å². The van der Waals surface area contributed by atoms with Gasteiger partial charge in [-0.15, -0.1) is 0 Å². The molecule has 4 heteroatoms. The summed E-state index contributed by atoms with van der Waals surface area (Å²) in [6.45, 7) is 4.72. The summed E-state index contributed by atoms with van der Waals surface area (Å²) in [6, 6.07) is 0. The lowest BCUT2D eigenvalue weighted by atomic mass is 9.47. The van der Waals surface area contributed by atoms with E-state index in [4.69, 9.17) is 11.6 Å². The van der Waals surface area contributed by atoms with Gasteiger partial charge in [0.05, 0.1) is 11.8 Å². The molecule has 0 unspecified atom stereocenters. The van der Waals surface area contributed by atoms with Crippen molar-refractivity contribution in [1.29, 1.82) is 0 Å². The number of oxime groups is 1. The molecule has 0 spiro atoms. The van der Waals surface area contributed by atoms with E-state index >= 15 is 0 Å². The quantitative estimate of drug-likeness (QED) is 0.497. The van der Waals surface area contributed by atoms with Crippen molar-refractivity contribution in [2.45, 2.75) is 71.3 Å². The maximum Gasteiger partial charge on any atom is 0.0895 e. The van der Waals surface area contributed by atoms with Crippen LogP contribution < -0.4 is 0 Å². The molecule has 4 rings (SSSR count). The summed E-state index contributed by atoms with van der Waals surface area (Å²) in [5.74, 6) is 2.03. The minimum absolute atomic E-state index is 0.103.